The van der Waals surface area contributed by atoms with Gasteiger partial charge >= 0.3 is 0 Å². The van der Waals surface area contributed by atoms with E-state index in [1.165, 1.54) is 0 Å². The predicted octanol–water partition coefficient (Wildman–Crippen LogP) is 0.831. The van der Waals surface area contributed by atoms with E-state index < -0.39 is 9.84 Å². The zero-order chi connectivity index (χ0) is 14.9. The lowest BCUT2D eigenvalue weighted by Gasteiger charge is -2.25. The van der Waals surface area contributed by atoms with Gasteiger partial charge in [0.1, 0.15) is 9.84 Å². The van der Waals surface area contributed by atoms with Crippen molar-refractivity contribution in [3.63, 3.8) is 0 Å². The van der Waals surface area contributed by atoms with Crippen molar-refractivity contribution in [1.29, 1.82) is 0 Å². The molecule has 21 heavy (non-hydrogen) atoms. The van der Waals surface area contributed by atoms with Crippen LogP contribution < -0.4 is 16.0 Å². The summed E-state index contributed by atoms with van der Waals surface area (Å²) in [7, 11) is -2.90. The van der Waals surface area contributed by atoms with Crippen molar-refractivity contribution in [2.75, 3.05) is 35.2 Å². The summed E-state index contributed by atoms with van der Waals surface area (Å²) in [5.74, 6) is 0.169. The molecule has 114 valence electrons. The minimum Gasteiger partial charge on any atom is -0.382 e. The molecule has 0 radical (unpaired) electrons. The molecule has 1 fully saturated rings. The highest BCUT2D eigenvalue weighted by Crippen LogP contribution is 2.28. The summed E-state index contributed by atoms with van der Waals surface area (Å²) in [5.41, 5.74) is 2.36. The van der Waals surface area contributed by atoms with E-state index in [1.54, 1.807) is 6.07 Å². The Balaban J connectivity index is 1.72. The first-order valence-electron chi connectivity index (χ1n) is 7.17. The van der Waals surface area contributed by atoms with Gasteiger partial charge < -0.3 is 16.0 Å². The van der Waals surface area contributed by atoms with Gasteiger partial charge in [0.2, 0.25) is 0 Å². The highest BCUT2D eigenvalue weighted by Gasteiger charge is 2.26. The normalized spacial score (nSPS) is 20.8. The minimum absolute atomic E-state index is 0.0616. The number of carbonyl (C=O) groups excluding carboxylic acids is 1. The van der Waals surface area contributed by atoms with Crippen LogP contribution in [0.1, 0.15) is 23.2 Å². The number of fused-ring (bicyclic) bond motifs is 1. The minimum atomic E-state index is -2.90. The number of carbonyl (C=O) groups is 1. The molecule has 1 aromatic rings. The fraction of sp³-hybridized carbons (Fsp3) is 0.500. The number of para-hydroxylation sites is 1. The molecule has 0 atom stereocenters. The van der Waals surface area contributed by atoms with Crippen molar-refractivity contribution in [1.82, 2.24) is 5.32 Å². The van der Waals surface area contributed by atoms with Crippen LogP contribution in [0, 0.1) is 0 Å². The molecule has 2 heterocycles. The number of hydrogen-bond acceptors (Lipinski definition) is 5. The maximum absolute atomic E-state index is 12.4. The van der Waals surface area contributed by atoms with Crippen LogP contribution in [-0.4, -0.2) is 45.0 Å². The van der Waals surface area contributed by atoms with Crippen LogP contribution in [0.4, 0.5) is 11.4 Å². The average Bonchev–Trinajstić information content (AvgIpc) is 2.49. The average molecular weight is 309 g/mol. The van der Waals surface area contributed by atoms with Crippen molar-refractivity contribution in [3.05, 3.63) is 23.8 Å². The van der Waals surface area contributed by atoms with Gasteiger partial charge in [0.25, 0.3) is 5.91 Å². The van der Waals surface area contributed by atoms with Crippen LogP contribution in [0.25, 0.3) is 0 Å². The second kappa shape index (κ2) is 5.55. The molecule has 0 saturated carbocycles. The molecule has 2 aliphatic rings. The zero-order valence-corrected chi connectivity index (χ0v) is 12.5. The number of amides is 1. The van der Waals surface area contributed by atoms with Gasteiger partial charge in [0.05, 0.1) is 28.4 Å². The van der Waals surface area contributed by atoms with E-state index in [4.69, 9.17) is 0 Å². The molecule has 0 aliphatic carbocycles. The van der Waals surface area contributed by atoms with Gasteiger partial charge in [-0.25, -0.2) is 8.42 Å². The first kappa shape index (κ1) is 14.2. The Kier molecular flexibility index (Phi) is 3.75. The lowest BCUT2D eigenvalue weighted by Crippen LogP contribution is -2.41. The number of sulfone groups is 1. The van der Waals surface area contributed by atoms with E-state index in [-0.39, 0.29) is 23.5 Å². The number of anilines is 2. The van der Waals surface area contributed by atoms with E-state index >= 15 is 0 Å². The van der Waals surface area contributed by atoms with E-state index in [1.807, 2.05) is 12.1 Å². The summed E-state index contributed by atoms with van der Waals surface area (Å²) in [5, 5.41) is 9.45. The molecule has 3 N–H and O–H groups in total. The number of nitrogens with one attached hydrogen (secondary N) is 3. The second-order valence-corrected chi connectivity index (χ2v) is 7.78. The van der Waals surface area contributed by atoms with E-state index in [2.05, 4.69) is 16.0 Å². The highest BCUT2D eigenvalue weighted by molar-refractivity contribution is 7.91. The fourth-order valence-corrected chi connectivity index (χ4v) is 4.25. The molecule has 1 aromatic carbocycles. The molecule has 0 aromatic heterocycles. The van der Waals surface area contributed by atoms with Crippen molar-refractivity contribution < 1.29 is 13.2 Å². The molecular formula is C14H19N3O3S. The van der Waals surface area contributed by atoms with Crippen molar-refractivity contribution >= 4 is 27.1 Å². The Morgan fingerprint density at radius 1 is 1.14 bits per heavy atom. The monoisotopic (exact) mass is 309 g/mol. The van der Waals surface area contributed by atoms with Crippen molar-refractivity contribution in [2.45, 2.75) is 18.9 Å². The molecule has 1 saturated heterocycles. The maximum atomic E-state index is 12.4. The van der Waals surface area contributed by atoms with E-state index in [0.717, 1.165) is 24.5 Å². The van der Waals surface area contributed by atoms with Gasteiger partial charge in [-0.1, -0.05) is 6.07 Å². The van der Waals surface area contributed by atoms with Crippen molar-refractivity contribution in [2.24, 2.45) is 0 Å². The Morgan fingerprint density at radius 2 is 1.86 bits per heavy atom. The van der Waals surface area contributed by atoms with Gasteiger partial charge in [-0.2, -0.15) is 0 Å². The summed E-state index contributed by atoms with van der Waals surface area (Å²) < 4.78 is 22.8. The van der Waals surface area contributed by atoms with Crippen LogP contribution in [0.2, 0.25) is 0 Å². The standard InChI is InChI=1S/C14H19N3O3S/c18-14(17-10-4-8-21(19,20)9-5-10)11-2-1-3-12-13(11)16-7-6-15-12/h1-3,10,15-16H,4-9H2,(H,17,18). The van der Waals surface area contributed by atoms with Gasteiger partial charge in [0.15, 0.2) is 0 Å². The lowest BCUT2D eigenvalue weighted by molar-refractivity contribution is 0.0935. The molecule has 0 bridgehead atoms. The molecule has 1 amide bonds. The number of benzene rings is 1. The SMILES string of the molecule is O=C(NC1CCS(=O)(=O)CC1)c1cccc2c1NCCN2. The summed E-state index contributed by atoms with van der Waals surface area (Å²) in [6.07, 6.45) is 0.990. The molecule has 3 rings (SSSR count). The predicted molar refractivity (Wildman–Crippen MR) is 82.6 cm³/mol. The third-order valence-corrected chi connectivity index (χ3v) is 5.66. The van der Waals surface area contributed by atoms with Crippen LogP contribution in [-0.2, 0) is 9.84 Å². The van der Waals surface area contributed by atoms with Gasteiger partial charge in [-0.05, 0) is 25.0 Å². The molecular weight excluding hydrogens is 290 g/mol. The van der Waals surface area contributed by atoms with Crippen LogP contribution >= 0.6 is 0 Å². The second-order valence-electron chi connectivity index (χ2n) is 5.48. The first-order chi connectivity index (χ1) is 10.1. The largest absolute Gasteiger partial charge is 0.382 e. The summed E-state index contributed by atoms with van der Waals surface area (Å²) in [4.78, 5) is 12.4. The van der Waals surface area contributed by atoms with Gasteiger partial charge in [0, 0.05) is 19.1 Å². The van der Waals surface area contributed by atoms with Crippen molar-refractivity contribution in [3.8, 4) is 0 Å². The van der Waals surface area contributed by atoms with Crippen LogP contribution in [0.5, 0.6) is 0 Å². The highest BCUT2D eigenvalue weighted by atomic mass is 32.2. The maximum Gasteiger partial charge on any atom is 0.253 e. The quantitative estimate of drug-likeness (QED) is 0.753. The topological polar surface area (TPSA) is 87.3 Å². The Bertz CT molecular complexity index is 643. The summed E-state index contributed by atoms with van der Waals surface area (Å²) in [6.45, 7) is 1.61. The van der Waals surface area contributed by atoms with E-state index in [0.29, 0.717) is 18.4 Å². The van der Waals surface area contributed by atoms with Crippen LogP contribution in [0.15, 0.2) is 18.2 Å². The molecule has 6 nitrogen and oxygen atoms in total. The van der Waals surface area contributed by atoms with Crippen LogP contribution in [0.3, 0.4) is 0 Å². The number of rotatable bonds is 2. The summed E-state index contributed by atoms with van der Waals surface area (Å²) in [6, 6.07) is 5.51. The van der Waals surface area contributed by atoms with Gasteiger partial charge in [-0.3, -0.25) is 4.79 Å². The lowest BCUT2D eigenvalue weighted by atomic mass is 10.1. The fourth-order valence-electron chi connectivity index (χ4n) is 2.76. The third-order valence-electron chi connectivity index (χ3n) is 3.94. The summed E-state index contributed by atoms with van der Waals surface area (Å²) >= 11 is 0. The number of hydrogen-bond donors (Lipinski definition) is 3. The van der Waals surface area contributed by atoms with Gasteiger partial charge in [-0.15, -0.1) is 0 Å². The molecule has 2 aliphatic heterocycles. The zero-order valence-electron chi connectivity index (χ0n) is 11.7. The first-order valence-corrected chi connectivity index (χ1v) is 8.99. The Labute approximate surface area is 124 Å². The Morgan fingerprint density at radius 3 is 2.62 bits per heavy atom. The molecule has 0 spiro atoms. The van der Waals surface area contributed by atoms with E-state index in [9.17, 15) is 13.2 Å². The smallest absolute Gasteiger partial charge is 0.253 e. The Hall–Kier alpha value is -1.76. The molecule has 7 heteroatoms. The molecule has 0 unspecified atom stereocenters. The third kappa shape index (κ3) is 3.12.